The second-order valence-electron chi connectivity index (χ2n) is 4.45. The fraction of sp³-hybridized carbons (Fsp3) is 0.267. The Morgan fingerprint density at radius 1 is 1.14 bits per heavy atom. The molecule has 0 bridgehead atoms. The summed E-state index contributed by atoms with van der Waals surface area (Å²) in [6, 6.07) is 3.78. The van der Waals surface area contributed by atoms with Gasteiger partial charge in [0.2, 0.25) is 0 Å². The maximum absolute atomic E-state index is 12.3. The van der Waals surface area contributed by atoms with Gasteiger partial charge in [-0.05, 0) is 30.0 Å². The lowest BCUT2D eigenvalue weighted by Crippen LogP contribution is -2.16. The number of benzene rings is 1. The largest absolute Gasteiger partial charge is 0.320 e. The topological polar surface area (TPSA) is 54.9 Å². The van der Waals surface area contributed by atoms with Gasteiger partial charge < -0.3 is 5.32 Å². The quantitative estimate of drug-likeness (QED) is 0.919. The van der Waals surface area contributed by atoms with Crippen LogP contribution < -0.4 is 5.32 Å². The summed E-state index contributed by atoms with van der Waals surface area (Å²) in [7, 11) is 0. The van der Waals surface area contributed by atoms with Crippen molar-refractivity contribution < 1.29 is 4.79 Å². The summed E-state index contributed by atoms with van der Waals surface area (Å²) in [4.78, 5) is 20.1. The van der Waals surface area contributed by atoms with Crippen molar-refractivity contribution in [1.82, 2.24) is 9.97 Å². The van der Waals surface area contributed by atoms with Crippen LogP contribution in [0.4, 0.5) is 5.69 Å². The van der Waals surface area contributed by atoms with Crippen LogP contribution in [0.1, 0.15) is 35.5 Å². The molecule has 0 spiro atoms. The van der Waals surface area contributed by atoms with E-state index in [-0.39, 0.29) is 16.8 Å². The molecule has 0 saturated heterocycles. The smallest absolute Gasteiger partial charge is 0.275 e. The fourth-order valence-corrected chi connectivity index (χ4v) is 2.46. The van der Waals surface area contributed by atoms with E-state index < -0.39 is 0 Å². The van der Waals surface area contributed by atoms with Crippen molar-refractivity contribution in [2.45, 2.75) is 26.7 Å². The standard InChI is InChI=1S/C15H15Cl2N3O/c1-3-9-5-6-11(16)10(4-2)14(9)20-15(21)12-7-19-13(17)8-18-12/h5-8H,3-4H2,1-2H3,(H,20,21). The molecular weight excluding hydrogens is 309 g/mol. The van der Waals surface area contributed by atoms with Crippen molar-refractivity contribution >= 4 is 34.8 Å². The van der Waals surface area contributed by atoms with E-state index in [0.717, 1.165) is 29.7 Å². The first-order chi connectivity index (χ1) is 10.1. The molecule has 0 aliphatic rings. The number of nitrogens with zero attached hydrogens (tertiary/aromatic N) is 2. The van der Waals surface area contributed by atoms with E-state index in [1.165, 1.54) is 12.4 Å². The Kier molecular flexibility index (Phi) is 5.15. The van der Waals surface area contributed by atoms with E-state index in [2.05, 4.69) is 15.3 Å². The van der Waals surface area contributed by atoms with Crippen molar-refractivity contribution in [3.8, 4) is 0 Å². The van der Waals surface area contributed by atoms with E-state index in [4.69, 9.17) is 23.2 Å². The molecule has 0 aliphatic carbocycles. The molecule has 2 rings (SSSR count). The van der Waals surface area contributed by atoms with Gasteiger partial charge in [0.15, 0.2) is 0 Å². The molecule has 110 valence electrons. The summed E-state index contributed by atoms with van der Waals surface area (Å²) in [6.45, 7) is 4.03. The number of carbonyl (C=O) groups is 1. The van der Waals surface area contributed by atoms with Gasteiger partial charge in [-0.15, -0.1) is 0 Å². The third-order valence-electron chi connectivity index (χ3n) is 3.17. The number of aromatic nitrogens is 2. The Morgan fingerprint density at radius 2 is 1.90 bits per heavy atom. The molecule has 21 heavy (non-hydrogen) atoms. The van der Waals surface area contributed by atoms with Gasteiger partial charge in [-0.1, -0.05) is 43.1 Å². The molecule has 1 amide bonds. The van der Waals surface area contributed by atoms with E-state index in [9.17, 15) is 4.79 Å². The second-order valence-corrected chi connectivity index (χ2v) is 5.24. The molecule has 0 atom stereocenters. The summed E-state index contributed by atoms with van der Waals surface area (Å²) in [5.74, 6) is -0.328. The SMILES string of the molecule is CCc1ccc(Cl)c(CC)c1NC(=O)c1cnc(Cl)cn1. The predicted molar refractivity (Wildman–Crippen MR) is 85.2 cm³/mol. The summed E-state index contributed by atoms with van der Waals surface area (Å²) in [5.41, 5.74) is 2.93. The number of hydrogen-bond donors (Lipinski definition) is 1. The molecule has 1 N–H and O–H groups in total. The van der Waals surface area contributed by atoms with Crippen molar-refractivity contribution in [1.29, 1.82) is 0 Å². The van der Waals surface area contributed by atoms with Crippen LogP contribution in [0.15, 0.2) is 24.5 Å². The number of rotatable bonds is 4. The van der Waals surface area contributed by atoms with Crippen molar-refractivity contribution in [3.05, 3.63) is 51.5 Å². The Morgan fingerprint density at radius 3 is 2.48 bits per heavy atom. The van der Waals surface area contributed by atoms with Crippen molar-refractivity contribution in [3.63, 3.8) is 0 Å². The zero-order chi connectivity index (χ0) is 15.4. The van der Waals surface area contributed by atoms with Gasteiger partial charge in [0.25, 0.3) is 5.91 Å². The molecule has 0 fully saturated rings. The van der Waals surface area contributed by atoms with Gasteiger partial charge >= 0.3 is 0 Å². The minimum Gasteiger partial charge on any atom is -0.320 e. The Labute approximate surface area is 133 Å². The third-order valence-corrected chi connectivity index (χ3v) is 3.72. The monoisotopic (exact) mass is 323 g/mol. The zero-order valence-electron chi connectivity index (χ0n) is 11.8. The number of amides is 1. The molecule has 1 aromatic heterocycles. The highest BCUT2D eigenvalue weighted by atomic mass is 35.5. The first-order valence-electron chi connectivity index (χ1n) is 6.66. The first kappa shape index (κ1) is 15.7. The van der Waals surface area contributed by atoms with Crippen molar-refractivity contribution in [2.75, 3.05) is 5.32 Å². The van der Waals surface area contributed by atoms with Gasteiger partial charge in [-0.3, -0.25) is 4.79 Å². The molecule has 2 aromatic rings. The Balaban J connectivity index is 2.36. The second kappa shape index (κ2) is 6.87. The van der Waals surface area contributed by atoms with Crippen LogP contribution in [0.2, 0.25) is 10.2 Å². The average molecular weight is 324 g/mol. The van der Waals surface area contributed by atoms with Gasteiger partial charge in [-0.2, -0.15) is 0 Å². The highest BCUT2D eigenvalue weighted by molar-refractivity contribution is 6.32. The van der Waals surface area contributed by atoms with E-state index >= 15 is 0 Å². The Bertz CT molecular complexity index is 657. The lowest BCUT2D eigenvalue weighted by molar-refractivity contribution is 0.102. The number of aryl methyl sites for hydroxylation is 1. The van der Waals surface area contributed by atoms with Crippen LogP contribution in [0.3, 0.4) is 0 Å². The lowest BCUT2D eigenvalue weighted by Gasteiger charge is -2.15. The molecule has 6 heteroatoms. The number of halogens is 2. The zero-order valence-corrected chi connectivity index (χ0v) is 13.3. The van der Waals surface area contributed by atoms with Crippen LogP contribution in [0.5, 0.6) is 0 Å². The summed E-state index contributed by atoms with van der Waals surface area (Å²) in [6.07, 6.45) is 4.22. The summed E-state index contributed by atoms with van der Waals surface area (Å²) in [5, 5.41) is 3.78. The molecule has 0 radical (unpaired) electrons. The maximum Gasteiger partial charge on any atom is 0.275 e. The number of anilines is 1. The molecule has 4 nitrogen and oxygen atoms in total. The molecule has 1 aromatic carbocycles. The highest BCUT2D eigenvalue weighted by Gasteiger charge is 2.15. The van der Waals surface area contributed by atoms with Gasteiger partial charge in [0.1, 0.15) is 10.8 Å². The van der Waals surface area contributed by atoms with E-state index in [1.54, 1.807) is 0 Å². The summed E-state index contributed by atoms with van der Waals surface area (Å²) >= 11 is 11.9. The van der Waals surface area contributed by atoms with Gasteiger partial charge in [0.05, 0.1) is 12.4 Å². The third kappa shape index (κ3) is 3.52. The van der Waals surface area contributed by atoms with Crippen LogP contribution in [-0.2, 0) is 12.8 Å². The maximum atomic E-state index is 12.3. The normalized spacial score (nSPS) is 10.5. The first-order valence-corrected chi connectivity index (χ1v) is 7.41. The molecule has 0 unspecified atom stereocenters. The molecule has 0 aliphatic heterocycles. The van der Waals surface area contributed by atoms with Crippen LogP contribution in [-0.4, -0.2) is 15.9 Å². The van der Waals surface area contributed by atoms with Crippen LogP contribution in [0, 0.1) is 0 Å². The summed E-state index contributed by atoms with van der Waals surface area (Å²) < 4.78 is 0. The Hall–Kier alpha value is -1.65. The van der Waals surface area contributed by atoms with Crippen LogP contribution in [0.25, 0.3) is 0 Å². The van der Waals surface area contributed by atoms with E-state index in [0.29, 0.717) is 5.02 Å². The number of hydrogen-bond acceptors (Lipinski definition) is 3. The minimum absolute atomic E-state index is 0.212. The number of carbonyl (C=O) groups excluding carboxylic acids is 1. The molecule has 1 heterocycles. The average Bonchev–Trinajstić information content (AvgIpc) is 2.48. The van der Waals surface area contributed by atoms with Gasteiger partial charge in [0, 0.05) is 10.7 Å². The highest BCUT2D eigenvalue weighted by Crippen LogP contribution is 2.29. The fourth-order valence-electron chi connectivity index (χ4n) is 2.07. The minimum atomic E-state index is -0.328. The lowest BCUT2D eigenvalue weighted by atomic mass is 10.0. The van der Waals surface area contributed by atoms with Crippen LogP contribution >= 0.6 is 23.2 Å². The number of nitrogens with one attached hydrogen (secondary N) is 1. The molecular formula is C15H15Cl2N3O. The van der Waals surface area contributed by atoms with E-state index in [1.807, 2.05) is 26.0 Å². The van der Waals surface area contributed by atoms with Crippen molar-refractivity contribution in [2.24, 2.45) is 0 Å². The van der Waals surface area contributed by atoms with Gasteiger partial charge in [-0.25, -0.2) is 9.97 Å². The predicted octanol–water partition coefficient (Wildman–Crippen LogP) is 4.16. The molecule has 0 saturated carbocycles.